The Morgan fingerprint density at radius 1 is 1.05 bits per heavy atom. The quantitative estimate of drug-likeness (QED) is 0.630. The molecule has 1 atom stereocenters. The standard InChI is InChI=1S/C16H18Cl2N2O/c1-21-16-7-6-14(18)9-12(16)10-15(20-19)8-11-2-4-13(17)5-3-11/h2-7,9,15,20H,8,10,19H2,1H3. The van der Waals surface area contributed by atoms with Gasteiger partial charge < -0.3 is 4.74 Å². The predicted octanol–water partition coefficient (Wildman–Crippen LogP) is 3.62. The van der Waals surface area contributed by atoms with Crippen LogP contribution in [0.1, 0.15) is 11.1 Å². The van der Waals surface area contributed by atoms with E-state index in [2.05, 4.69) is 5.43 Å². The number of nitrogens with two attached hydrogens (primary N) is 1. The van der Waals surface area contributed by atoms with Crippen molar-refractivity contribution in [2.24, 2.45) is 5.84 Å². The molecule has 0 aliphatic heterocycles. The van der Waals surface area contributed by atoms with Gasteiger partial charge in [0.2, 0.25) is 0 Å². The van der Waals surface area contributed by atoms with Crippen molar-refractivity contribution in [1.82, 2.24) is 5.43 Å². The molecule has 2 aromatic rings. The van der Waals surface area contributed by atoms with E-state index in [1.165, 1.54) is 5.56 Å². The minimum atomic E-state index is 0.0820. The Labute approximate surface area is 135 Å². The zero-order valence-electron chi connectivity index (χ0n) is 11.8. The molecule has 0 amide bonds. The third-order valence-corrected chi connectivity index (χ3v) is 3.83. The van der Waals surface area contributed by atoms with Gasteiger partial charge in [-0.05, 0) is 54.3 Å². The Bertz CT molecular complexity index is 587. The van der Waals surface area contributed by atoms with E-state index in [0.29, 0.717) is 5.02 Å². The lowest BCUT2D eigenvalue weighted by atomic mass is 9.99. The van der Waals surface area contributed by atoms with E-state index in [1.54, 1.807) is 7.11 Å². The van der Waals surface area contributed by atoms with Gasteiger partial charge in [0.05, 0.1) is 7.11 Å². The van der Waals surface area contributed by atoms with Crippen LogP contribution in [0.25, 0.3) is 0 Å². The van der Waals surface area contributed by atoms with Crippen molar-refractivity contribution in [3.05, 3.63) is 63.6 Å². The zero-order chi connectivity index (χ0) is 15.2. The smallest absolute Gasteiger partial charge is 0.122 e. The maximum atomic E-state index is 6.06. The van der Waals surface area contributed by atoms with Crippen LogP contribution in [-0.2, 0) is 12.8 Å². The maximum Gasteiger partial charge on any atom is 0.122 e. The fourth-order valence-electron chi connectivity index (χ4n) is 2.27. The molecule has 0 saturated carbocycles. The largest absolute Gasteiger partial charge is 0.496 e. The molecule has 2 rings (SSSR count). The van der Waals surface area contributed by atoms with Crippen molar-refractivity contribution in [2.75, 3.05) is 7.11 Å². The van der Waals surface area contributed by atoms with E-state index >= 15 is 0 Å². The van der Waals surface area contributed by atoms with Crippen molar-refractivity contribution < 1.29 is 4.74 Å². The third kappa shape index (κ3) is 4.61. The van der Waals surface area contributed by atoms with E-state index < -0.39 is 0 Å². The zero-order valence-corrected chi connectivity index (χ0v) is 13.3. The number of ether oxygens (including phenoxy) is 1. The topological polar surface area (TPSA) is 47.3 Å². The summed E-state index contributed by atoms with van der Waals surface area (Å²) >= 11 is 12.0. The summed E-state index contributed by atoms with van der Waals surface area (Å²) in [6, 6.07) is 13.4. The highest BCUT2D eigenvalue weighted by Gasteiger charge is 2.13. The van der Waals surface area contributed by atoms with Crippen LogP contribution in [0.5, 0.6) is 5.75 Å². The van der Waals surface area contributed by atoms with Gasteiger partial charge >= 0.3 is 0 Å². The number of hydrazine groups is 1. The monoisotopic (exact) mass is 324 g/mol. The normalized spacial score (nSPS) is 12.2. The van der Waals surface area contributed by atoms with E-state index in [4.69, 9.17) is 33.8 Å². The van der Waals surface area contributed by atoms with E-state index in [-0.39, 0.29) is 6.04 Å². The number of hydrogen-bond donors (Lipinski definition) is 2. The van der Waals surface area contributed by atoms with Crippen LogP contribution in [0.3, 0.4) is 0 Å². The molecule has 0 bridgehead atoms. The van der Waals surface area contributed by atoms with Crippen LogP contribution in [0.4, 0.5) is 0 Å². The Hall–Kier alpha value is -1.26. The average molecular weight is 325 g/mol. The van der Waals surface area contributed by atoms with Gasteiger partial charge in [-0.15, -0.1) is 0 Å². The highest BCUT2D eigenvalue weighted by Crippen LogP contribution is 2.24. The van der Waals surface area contributed by atoms with Crippen molar-refractivity contribution in [3.8, 4) is 5.75 Å². The molecule has 1 unspecified atom stereocenters. The van der Waals surface area contributed by atoms with Crippen LogP contribution in [0.15, 0.2) is 42.5 Å². The molecule has 5 heteroatoms. The second-order valence-electron chi connectivity index (χ2n) is 4.85. The highest BCUT2D eigenvalue weighted by molar-refractivity contribution is 6.30. The Kier molecular flexibility index (Phi) is 5.88. The molecule has 0 saturated heterocycles. The van der Waals surface area contributed by atoms with Crippen molar-refractivity contribution >= 4 is 23.2 Å². The number of rotatable bonds is 6. The SMILES string of the molecule is COc1ccc(Cl)cc1CC(Cc1ccc(Cl)cc1)NN. The third-order valence-electron chi connectivity index (χ3n) is 3.34. The van der Waals surface area contributed by atoms with Crippen LogP contribution < -0.4 is 16.0 Å². The molecule has 112 valence electrons. The van der Waals surface area contributed by atoms with Gasteiger partial charge in [0.1, 0.15) is 5.75 Å². The van der Waals surface area contributed by atoms with Gasteiger partial charge in [-0.25, -0.2) is 0 Å². The molecule has 3 N–H and O–H groups in total. The fourth-order valence-corrected chi connectivity index (χ4v) is 2.59. The predicted molar refractivity (Wildman–Crippen MR) is 88.0 cm³/mol. The molecule has 21 heavy (non-hydrogen) atoms. The summed E-state index contributed by atoms with van der Waals surface area (Å²) in [7, 11) is 1.65. The Morgan fingerprint density at radius 2 is 1.71 bits per heavy atom. The summed E-state index contributed by atoms with van der Waals surface area (Å²) in [6.45, 7) is 0. The first-order valence-electron chi connectivity index (χ1n) is 6.65. The lowest BCUT2D eigenvalue weighted by Gasteiger charge is -2.18. The molecule has 0 spiro atoms. The number of hydrogen-bond acceptors (Lipinski definition) is 3. The summed E-state index contributed by atoms with van der Waals surface area (Å²) in [4.78, 5) is 0. The van der Waals surface area contributed by atoms with Crippen molar-refractivity contribution in [3.63, 3.8) is 0 Å². The van der Waals surface area contributed by atoms with E-state index in [0.717, 1.165) is 29.2 Å². The molecule has 0 aromatic heterocycles. The van der Waals surface area contributed by atoms with E-state index in [9.17, 15) is 0 Å². The van der Waals surface area contributed by atoms with Gasteiger partial charge in [-0.1, -0.05) is 35.3 Å². The van der Waals surface area contributed by atoms with Crippen LogP contribution >= 0.6 is 23.2 Å². The molecule has 2 aromatic carbocycles. The molecule has 0 aliphatic rings. The fraction of sp³-hybridized carbons (Fsp3) is 0.250. The number of methoxy groups -OCH3 is 1. The molecular weight excluding hydrogens is 307 g/mol. The summed E-state index contributed by atoms with van der Waals surface area (Å²) in [5.41, 5.74) is 5.05. The van der Waals surface area contributed by atoms with Crippen molar-refractivity contribution in [1.29, 1.82) is 0 Å². The maximum absolute atomic E-state index is 6.06. The second-order valence-corrected chi connectivity index (χ2v) is 5.73. The van der Waals surface area contributed by atoms with Gasteiger partial charge in [0.15, 0.2) is 0 Å². The van der Waals surface area contributed by atoms with Crippen LogP contribution in [0, 0.1) is 0 Å². The van der Waals surface area contributed by atoms with Gasteiger partial charge in [-0.2, -0.15) is 0 Å². The van der Waals surface area contributed by atoms with Gasteiger partial charge in [0, 0.05) is 16.1 Å². The number of nitrogens with one attached hydrogen (secondary N) is 1. The molecular formula is C16H18Cl2N2O. The van der Waals surface area contributed by atoms with Crippen LogP contribution in [0.2, 0.25) is 10.0 Å². The average Bonchev–Trinajstić information content (AvgIpc) is 2.49. The van der Waals surface area contributed by atoms with Crippen molar-refractivity contribution in [2.45, 2.75) is 18.9 Å². The number of benzene rings is 2. The molecule has 0 radical (unpaired) electrons. The highest BCUT2D eigenvalue weighted by atomic mass is 35.5. The molecule has 0 aliphatic carbocycles. The number of halogens is 2. The summed E-state index contributed by atoms with van der Waals surface area (Å²) in [5, 5.41) is 1.42. The summed E-state index contributed by atoms with van der Waals surface area (Å²) < 4.78 is 5.37. The Balaban J connectivity index is 2.11. The minimum absolute atomic E-state index is 0.0820. The first kappa shape index (κ1) is 16.1. The van der Waals surface area contributed by atoms with E-state index in [1.807, 2.05) is 42.5 Å². The minimum Gasteiger partial charge on any atom is -0.496 e. The van der Waals surface area contributed by atoms with Gasteiger partial charge in [0.25, 0.3) is 0 Å². The lowest BCUT2D eigenvalue weighted by molar-refractivity contribution is 0.404. The lowest BCUT2D eigenvalue weighted by Crippen LogP contribution is -2.38. The molecule has 0 heterocycles. The first-order valence-corrected chi connectivity index (χ1v) is 7.41. The molecule has 0 fully saturated rings. The Morgan fingerprint density at radius 3 is 2.33 bits per heavy atom. The van der Waals surface area contributed by atoms with Gasteiger partial charge in [-0.3, -0.25) is 11.3 Å². The second kappa shape index (κ2) is 7.66. The summed E-state index contributed by atoms with van der Waals surface area (Å²) in [5.74, 6) is 6.49. The first-order chi connectivity index (χ1) is 10.1. The van der Waals surface area contributed by atoms with Crippen LogP contribution in [-0.4, -0.2) is 13.2 Å². The molecule has 3 nitrogen and oxygen atoms in total. The summed E-state index contributed by atoms with van der Waals surface area (Å²) in [6.07, 6.45) is 1.52.